The van der Waals surface area contributed by atoms with Crippen LogP contribution < -0.4 is 5.32 Å². The summed E-state index contributed by atoms with van der Waals surface area (Å²) in [6.45, 7) is 0. The van der Waals surface area contributed by atoms with Crippen molar-refractivity contribution in [2.24, 2.45) is 0 Å². The molecule has 0 fully saturated rings. The molecule has 2 aromatic rings. The molecule has 0 bridgehead atoms. The molecule has 0 saturated heterocycles. The van der Waals surface area contributed by atoms with E-state index in [9.17, 15) is 0 Å². The lowest BCUT2D eigenvalue weighted by Crippen LogP contribution is -2.16. The summed E-state index contributed by atoms with van der Waals surface area (Å²) in [5.74, 6) is 0. The van der Waals surface area contributed by atoms with Gasteiger partial charge >= 0.3 is 0 Å². The molecule has 1 nitrogen and oxygen atoms in total. The Hall–Kier alpha value is -0.0300. The minimum atomic E-state index is 0.350. The maximum absolute atomic E-state index is 6.15. The quantitative estimate of drug-likeness (QED) is 0.590. The third-order valence-electron chi connectivity index (χ3n) is 3.37. The van der Waals surface area contributed by atoms with Crippen LogP contribution in [-0.2, 0) is 6.42 Å². The van der Waals surface area contributed by atoms with Crippen molar-refractivity contribution >= 4 is 60.5 Å². The zero-order valence-electron chi connectivity index (χ0n) is 10.1. The fourth-order valence-corrected chi connectivity index (χ4v) is 5.09. The lowest BCUT2D eigenvalue weighted by atomic mass is 9.94. The summed E-state index contributed by atoms with van der Waals surface area (Å²) in [6, 6.07) is 8.59. The van der Waals surface area contributed by atoms with Crippen molar-refractivity contribution in [3.05, 3.63) is 48.0 Å². The van der Waals surface area contributed by atoms with E-state index >= 15 is 0 Å². The lowest BCUT2D eigenvalue weighted by Gasteiger charge is -2.25. The van der Waals surface area contributed by atoms with E-state index in [1.165, 1.54) is 16.9 Å². The van der Waals surface area contributed by atoms with Gasteiger partial charge in [-0.1, -0.05) is 17.7 Å². The van der Waals surface area contributed by atoms with Crippen molar-refractivity contribution in [3.8, 4) is 0 Å². The van der Waals surface area contributed by atoms with Gasteiger partial charge in [0.2, 0.25) is 0 Å². The molecule has 0 aliphatic heterocycles. The first-order valence-electron chi connectivity index (χ1n) is 6.14. The number of rotatable bonds is 2. The van der Waals surface area contributed by atoms with Crippen LogP contribution in [-0.4, -0.2) is 0 Å². The fraction of sp³-hybridized carbons (Fsp3) is 0.286. The van der Waals surface area contributed by atoms with Crippen LogP contribution in [0.1, 0.15) is 29.3 Å². The second-order valence-electron chi connectivity index (χ2n) is 4.61. The highest BCUT2D eigenvalue weighted by atomic mass is 79.9. The summed E-state index contributed by atoms with van der Waals surface area (Å²) in [6.07, 6.45) is 3.51. The highest BCUT2D eigenvalue weighted by molar-refractivity contribution is 9.11. The van der Waals surface area contributed by atoms with Gasteiger partial charge in [-0.05, 0) is 74.9 Å². The standard InChI is InChI=1S/C14H12Br2ClNS/c15-9-3-1-4-10(16)14(9)18-11-5-2-6-12-8(11)7-13(17)19-12/h1,3-4,7,11,18H,2,5-6H2. The third kappa shape index (κ3) is 2.87. The van der Waals surface area contributed by atoms with E-state index < -0.39 is 0 Å². The topological polar surface area (TPSA) is 12.0 Å². The average Bonchev–Trinajstić information content (AvgIpc) is 2.75. The van der Waals surface area contributed by atoms with Crippen LogP contribution in [0, 0.1) is 0 Å². The summed E-state index contributed by atoms with van der Waals surface area (Å²) < 4.78 is 3.05. The molecule has 1 aliphatic carbocycles. The first-order chi connectivity index (χ1) is 9.15. The van der Waals surface area contributed by atoms with Gasteiger partial charge in [-0.25, -0.2) is 0 Å². The summed E-state index contributed by atoms with van der Waals surface area (Å²) in [4.78, 5) is 1.43. The summed E-state index contributed by atoms with van der Waals surface area (Å²) in [5.41, 5.74) is 2.48. The number of halogens is 3. The molecule has 1 unspecified atom stereocenters. The lowest BCUT2D eigenvalue weighted by molar-refractivity contribution is 0.608. The van der Waals surface area contributed by atoms with Gasteiger partial charge < -0.3 is 5.32 Å². The minimum absolute atomic E-state index is 0.350. The van der Waals surface area contributed by atoms with Gasteiger partial charge in [0.15, 0.2) is 0 Å². The van der Waals surface area contributed by atoms with Gasteiger partial charge in [0, 0.05) is 13.8 Å². The SMILES string of the molecule is Clc1cc2c(s1)CCCC2Nc1c(Br)cccc1Br. The van der Waals surface area contributed by atoms with Crippen LogP contribution in [0.15, 0.2) is 33.2 Å². The minimum Gasteiger partial charge on any atom is -0.376 e. The maximum Gasteiger partial charge on any atom is 0.0934 e. The Labute approximate surface area is 138 Å². The van der Waals surface area contributed by atoms with Gasteiger partial charge in [-0.2, -0.15) is 0 Å². The molecule has 1 aliphatic rings. The van der Waals surface area contributed by atoms with Crippen LogP contribution in [0.4, 0.5) is 5.69 Å². The van der Waals surface area contributed by atoms with E-state index in [0.29, 0.717) is 6.04 Å². The van der Waals surface area contributed by atoms with E-state index in [0.717, 1.165) is 31.8 Å². The number of para-hydroxylation sites is 1. The van der Waals surface area contributed by atoms with E-state index in [-0.39, 0.29) is 0 Å². The van der Waals surface area contributed by atoms with Crippen LogP contribution >= 0.6 is 54.8 Å². The van der Waals surface area contributed by atoms with Crippen molar-refractivity contribution in [1.82, 2.24) is 0 Å². The molecular formula is C14H12Br2ClNS. The molecular weight excluding hydrogens is 409 g/mol. The molecule has 1 aromatic heterocycles. The Morgan fingerprint density at radius 1 is 1.26 bits per heavy atom. The molecule has 100 valence electrons. The van der Waals surface area contributed by atoms with Crippen molar-refractivity contribution in [3.63, 3.8) is 0 Å². The highest BCUT2D eigenvalue weighted by Gasteiger charge is 2.23. The molecule has 1 heterocycles. The van der Waals surface area contributed by atoms with Crippen LogP contribution in [0.3, 0.4) is 0 Å². The number of anilines is 1. The number of hydrogen-bond donors (Lipinski definition) is 1. The largest absolute Gasteiger partial charge is 0.376 e. The maximum atomic E-state index is 6.15. The van der Waals surface area contributed by atoms with Gasteiger partial charge in [0.05, 0.1) is 16.1 Å². The molecule has 3 rings (SSSR count). The smallest absolute Gasteiger partial charge is 0.0934 e. The molecule has 1 aromatic carbocycles. The molecule has 1 N–H and O–H groups in total. The van der Waals surface area contributed by atoms with Crippen LogP contribution in [0.2, 0.25) is 4.34 Å². The molecule has 0 spiro atoms. The van der Waals surface area contributed by atoms with Gasteiger partial charge in [0.1, 0.15) is 0 Å². The number of benzene rings is 1. The zero-order chi connectivity index (χ0) is 13.4. The Morgan fingerprint density at radius 2 is 2.00 bits per heavy atom. The van der Waals surface area contributed by atoms with Crippen molar-refractivity contribution in [2.75, 3.05) is 5.32 Å². The van der Waals surface area contributed by atoms with E-state index in [4.69, 9.17) is 11.6 Å². The Bertz CT molecular complexity index is 591. The van der Waals surface area contributed by atoms with Crippen molar-refractivity contribution in [2.45, 2.75) is 25.3 Å². The Kier molecular flexibility index (Phi) is 4.22. The second kappa shape index (κ2) is 5.76. The number of aryl methyl sites for hydroxylation is 1. The Balaban J connectivity index is 1.92. The van der Waals surface area contributed by atoms with Gasteiger partial charge in [0.25, 0.3) is 0 Å². The molecule has 19 heavy (non-hydrogen) atoms. The van der Waals surface area contributed by atoms with E-state index in [1.54, 1.807) is 11.3 Å². The number of fused-ring (bicyclic) bond motifs is 1. The molecule has 1 atom stereocenters. The fourth-order valence-electron chi connectivity index (χ4n) is 2.48. The van der Waals surface area contributed by atoms with Crippen molar-refractivity contribution in [1.29, 1.82) is 0 Å². The first-order valence-corrected chi connectivity index (χ1v) is 8.92. The molecule has 0 amide bonds. The summed E-state index contributed by atoms with van der Waals surface area (Å²) >= 11 is 15.1. The average molecular weight is 422 g/mol. The predicted octanol–water partition coefficient (Wildman–Crippen LogP) is 6.42. The number of thiophene rings is 1. The highest BCUT2D eigenvalue weighted by Crippen LogP contribution is 2.41. The second-order valence-corrected chi connectivity index (χ2v) is 8.09. The summed E-state index contributed by atoms with van der Waals surface area (Å²) in [5, 5.41) is 3.64. The predicted molar refractivity (Wildman–Crippen MR) is 90.5 cm³/mol. The van der Waals surface area contributed by atoms with Gasteiger partial charge in [-0.15, -0.1) is 11.3 Å². The third-order valence-corrected chi connectivity index (χ3v) is 6.03. The first kappa shape index (κ1) is 13.9. The van der Waals surface area contributed by atoms with Crippen LogP contribution in [0.5, 0.6) is 0 Å². The van der Waals surface area contributed by atoms with Crippen LogP contribution in [0.25, 0.3) is 0 Å². The van der Waals surface area contributed by atoms with Crippen molar-refractivity contribution < 1.29 is 0 Å². The van der Waals surface area contributed by atoms with E-state index in [2.05, 4.69) is 55.4 Å². The number of nitrogens with one attached hydrogen (secondary N) is 1. The molecule has 5 heteroatoms. The number of hydrogen-bond acceptors (Lipinski definition) is 2. The van der Waals surface area contributed by atoms with E-state index in [1.807, 2.05) is 6.07 Å². The van der Waals surface area contributed by atoms with Gasteiger partial charge in [-0.3, -0.25) is 0 Å². The monoisotopic (exact) mass is 419 g/mol. The Morgan fingerprint density at radius 3 is 2.74 bits per heavy atom. The molecule has 0 saturated carbocycles. The zero-order valence-corrected chi connectivity index (χ0v) is 14.8. The molecule has 0 radical (unpaired) electrons. The summed E-state index contributed by atoms with van der Waals surface area (Å²) in [7, 11) is 0. The normalized spacial score (nSPS) is 18.2.